The molecule has 3 aromatic carbocycles. The van der Waals surface area contributed by atoms with Crippen LogP contribution in [0.4, 0.5) is 27.6 Å². The molecule has 14 heteroatoms. The summed E-state index contributed by atoms with van der Waals surface area (Å²) in [4.78, 5) is 30.5. The molecule has 0 radical (unpaired) electrons. The molecule has 1 atom stereocenters. The molecule has 6 rings (SSSR count). The van der Waals surface area contributed by atoms with Crippen molar-refractivity contribution in [3.05, 3.63) is 117 Å². The maximum atomic E-state index is 14.2. The average molecular weight is 609 g/mol. The number of rotatable bonds is 4. The van der Waals surface area contributed by atoms with Gasteiger partial charge in [0, 0.05) is 39.2 Å². The van der Waals surface area contributed by atoms with Crippen LogP contribution in [0.5, 0.6) is 0 Å². The van der Waals surface area contributed by atoms with Crippen molar-refractivity contribution >= 4 is 34.7 Å². The van der Waals surface area contributed by atoms with Gasteiger partial charge < -0.3 is 10.6 Å². The summed E-state index contributed by atoms with van der Waals surface area (Å²) < 4.78 is 69.7. The molecular formula is C29H14ClF5N6O2. The Morgan fingerprint density at radius 2 is 1.81 bits per heavy atom. The van der Waals surface area contributed by atoms with Gasteiger partial charge in [0.1, 0.15) is 17.7 Å². The first-order valence-electron chi connectivity index (χ1n) is 12.3. The van der Waals surface area contributed by atoms with E-state index in [1.807, 2.05) is 6.07 Å². The van der Waals surface area contributed by atoms with E-state index >= 15 is 0 Å². The molecule has 2 N–H and O–H groups in total. The van der Waals surface area contributed by atoms with Gasteiger partial charge in [-0.2, -0.15) is 23.4 Å². The van der Waals surface area contributed by atoms with Crippen molar-refractivity contribution in [2.75, 3.05) is 5.32 Å². The number of benzene rings is 3. The van der Waals surface area contributed by atoms with E-state index in [0.717, 1.165) is 12.1 Å². The van der Waals surface area contributed by atoms with E-state index in [1.54, 1.807) is 12.1 Å². The Kier molecular flexibility index (Phi) is 6.58. The number of nitriles is 1. The van der Waals surface area contributed by atoms with Crippen LogP contribution in [0, 0.1) is 23.0 Å². The summed E-state index contributed by atoms with van der Waals surface area (Å²) >= 11 is 6.33. The summed E-state index contributed by atoms with van der Waals surface area (Å²) in [6.45, 7) is 0. The topological polar surface area (TPSA) is 112 Å². The van der Waals surface area contributed by atoms with Crippen molar-refractivity contribution in [2.45, 2.75) is 12.2 Å². The Morgan fingerprint density at radius 3 is 2.56 bits per heavy atom. The highest BCUT2D eigenvalue weighted by Crippen LogP contribution is 2.42. The zero-order chi connectivity index (χ0) is 30.6. The quantitative estimate of drug-likeness (QED) is 0.233. The fraction of sp³-hybridized carbons (Fsp3) is 0.0690. The number of anilines is 1. The molecule has 1 aliphatic heterocycles. The lowest BCUT2D eigenvalue weighted by Gasteiger charge is -2.19. The molecule has 0 saturated heterocycles. The molecule has 8 nitrogen and oxygen atoms in total. The maximum Gasteiger partial charge on any atom is 0.416 e. The minimum atomic E-state index is -4.92. The van der Waals surface area contributed by atoms with Crippen molar-refractivity contribution in [2.24, 2.45) is 0 Å². The number of nitrogens with one attached hydrogen (secondary N) is 2. The minimum absolute atomic E-state index is 0.0296. The normalized spacial score (nSPS) is 14.3. The monoisotopic (exact) mass is 608 g/mol. The van der Waals surface area contributed by atoms with Gasteiger partial charge in [-0.05, 0) is 71.8 Å². The summed E-state index contributed by atoms with van der Waals surface area (Å²) in [7, 11) is 0. The maximum absolute atomic E-state index is 14.2. The standard InChI is InChI=1S/C29H14ClF5N6O2/c30-21-2-1-17(31)11-19(21)26-25-20(28(43)39-26)7-14(13-3-4-41-24(9-13)38-23(12-36)40-41)8-22(25)37-27(42)15-5-16(29(33,34)35)10-18(32)6-15/h1-11,26H,(H,37,42)(H,39,43). The number of alkyl halides is 3. The fourth-order valence-electron chi connectivity index (χ4n) is 4.86. The van der Waals surface area contributed by atoms with Crippen molar-refractivity contribution in [3.8, 4) is 17.2 Å². The lowest BCUT2D eigenvalue weighted by atomic mass is 9.92. The third-order valence-electron chi connectivity index (χ3n) is 6.76. The Bertz CT molecular complexity index is 2030. The molecule has 43 heavy (non-hydrogen) atoms. The van der Waals surface area contributed by atoms with Crippen molar-refractivity contribution in [1.82, 2.24) is 19.9 Å². The number of carbonyl (C=O) groups is 2. The van der Waals surface area contributed by atoms with Crippen molar-refractivity contribution in [3.63, 3.8) is 0 Å². The smallest absolute Gasteiger partial charge is 0.341 e. The lowest BCUT2D eigenvalue weighted by Crippen LogP contribution is -2.21. The van der Waals surface area contributed by atoms with Crippen LogP contribution in [-0.4, -0.2) is 26.4 Å². The number of amides is 2. The van der Waals surface area contributed by atoms with Gasteiger partial charge in [0.25, 0.3) is 17.6 Å². The van der Waals surface area contributed by atoms with Gasteiger partial charge in [-0.3, -0.25) is 9.59 Å². The Hall–Kier alpha value is -5.35. The highest BCUT2D eigenvalue weighted by Gasteiger charge is 2.36. The third-order valence-corrected chi connectivity index (χ3v) is 7.11. The van der Waals surface area contributed by atoms with E-state index in [1.165, 1.54) is 28.9 Å². The van der Waals surface area contributed by atoms with E-state index in [4.69, 9.17) is 16.9 Å². The summed E-state index contributed by atoms with van der Waals surface area (Å²) in [6, 6.07) is 11.8. The predicted molar refractivity (Wildman–Crippen MR) is 143 cm³/mol. The molecule has 2 aromatic heterocycles. The average Bonchev–Trinajstić information content (AvgIpc) is 3.53. The van der Waals surface area contributed by atoms with E-state index in [0.29, 0.717) is 28.9 Å². The summed E-state index contributed by atoms with van der Waals surface area (Å²) in [5.41, 5.74) is -0.483. The number of halogens is 6. The largest absolute Gasteiger partial charge is 0.416 e. The van der Waals surface area contributed by atoms with Crippen LogP contribution in [0.3, 0.4) is 0 Å². The first-order chi connectivity index (χ1) is 20.4. The van der Waals surface area contributed by atoms with Crippen LogP contribution in [0.1, 0.15) is 49.3 Å². The number of aromatic nitrogens is 3. The Balaban J connectivity index is 1.51. The zero-order valence-electron chi connectivity index (χ0n) is 21.3. The number of nitrogens with zero attached hydrogens (tertiary/aromatic N) is 4. The highest BCUT2D eigenvalue weighted by molar-refractivity contribution is 6.31. The molecule has 1 unspecified atom stereocenters. The second-order valence-corrected chi connectivity index (χ2v) is 9.91. The summed E-state index contributed by atoms with van der Waals surface area (Å²) in [5, 5.41) is 18.4. The van der Waals surface area contributed by atoms with Crippen LogP contribution in [-0.2, 0) is 6.18 Å². The fourth-order valence-corrected chi connectivity index (χ4v) is 5.09. The molecule has 5 aromatic rings. The molecule has 2 amide bonds. The lowest BCUT2D eigenvalue weighted by molar-refractivity contribution is -0.137. The first kappa shape index (κ1) is 27.8. The molecule has 0 spiro atoms. The second kappa shape index (κ2) is 10.2. The molecule has 0 aliphatic carbocycles. The SMILES string of the molecule is N#Cc1nc2cc(-c3cc(NC(=O)c4cc(F)cc(C(F)(F)F)c4)c4c(c3)C(=O)NC4c3cc(F)ccc3Cl)ccn2n1. The Morgan fingerprint density at radius 1 is 1.02 bits per heavy atom. The van der Waals surface area contributed by atoms with Crippen LogP contribution in [0.15, 0.2) is 66.9 Å². The van der Waals surface area contributed by atoms with E-state index in [9.17, 15) is 31.5 Å². The van der Waals surface area contributed by atoms with Gasteiger partial charge in [-0.15, -0.1) is 5.10 Å². The molecule has 0 saturated carbocycles. The van der Waals surface area contributed by atoms with Crippen LogP contribution in [0.25, 0.3) is 16.8 Å². The van der Waals surface area contributed by atoms with Crippen LogP contribution >= 0.6 is 11.6 Å². The Labute approximate surface area is 243 Å². The van der Waals surface area contributed by atoms with Crippen molar-refractivity contribution < 1.29 is 31.5 Å². The summed E-state index contributed by atoms with van der Waals surface area (Å²) in [5.74, 6) is -3.71. The zero-order valence-corrected chi connectivity index (χ0v) is 22.1. The molecule has 3 heterocycles. The number of hydrogen-bond donors (Lipinski definition) is 2. The van der Waals surface area contributed by atoms with E-state index in [2.05, 4.69) is 20.7 Å². The van der Waals surface area contributed by atoms with E-state index in [-0.39, 0.29) is 39.3 Å². The third kappa shape index (κ3) is 5.13. The number of pyridine rings is 1. The second-order valence-electron chi connectivity index (χ2n) is 9.50. The molecule has 0 fully saturated rings. The van der Waals surface area contributed by atoms with Crippen LogP contribution in [0.2, 0.25) is 5.02 Å². The van der Waals surface area contributed by atoms with Gasteiger partial charge in [0.05, 0.1) is 11.6 Å². The molecule has 1 aliphatic rings. The van der Waals surface area contributed by atoms with E-state index < -0.39 is 46.8 Å². The van der Waals surface area contributed by atoms with Crippen molar-refractivity contribution in [1.29, 1.82) is 5.26 Å². The van der Waals surface area contributed by atoms with Gasteiger partial charge in [-0.25, -0.2) is 13.3 Å². The predicted octanol–water partition coefficient (Wildman–Crippen LogP) is 6.30. The number of carbonyl (C=O) groups excluding carboxylic acids is 2. The molecule has 214 valence electrons. The van der Waals surface area contributed by atoms with Gasteiger partial charge in [0.2, 0.25) is 0 Å². The van der Waals surface area contributed by atoms with Crippen LogP contribution < -0.4 is 10.6 Å². The highest BCUT2D eigenvalue weighted by atomic mass is 35.5. The number of fused-ring (bicyclic) bond motifs is 2. The molecule has 0 bridgehead atoms. The molecular weight excluding hydrogens is 595 g/mol. The summed E-state index contributed by atoms with van der Waals surface area (Å²) in [6.07, 6.45) is -3.40. The minimum Gasteiger partial charge on any atom is -0.341 e. The number of hydrogen-bond acceptors (Lipinski definition) is 5. The van der Waals surface area contributed by atoms with Gasteiger partial charge >= 0.3 is 6.18 Å². The van der Waals surface area contributed by atoms with Gasteiger partial charge in [-0.1, -0.05) is 11.6 Å². The first-order valence-corrected chi connectivity index (χ1v) is 12.7. The van der Waals surface area contributed by atoms with Gasteiger partial charge in [0.15, 0.2) is 5.65 Å².